The fourth-order valence-electron chi connectivity index (χ4n) is 3.71. The number of fused-ring (bicyclic) bond motifs is 1. The second-order valence-corrected chi connectivity index (χ2v) is 7.38. The van der Waals surface area contributed by atoms with Gasteiger partial charge in [0.05, 0.1) is 0 Å². The Balaban J connectivity index is 1.80. The molecular weight excluding hydrogens is 315 g/mol. The molecule has 2 aliphatic heterocycles. The lowest BCUT2D eigenvalue weighted by Crippen LogP contribution is -2.35. The van der Waals surface area contributed by atoms with Gasteiger partial charge in [-0.1, -0.05) is 38.1 Å². The van der Waals surface area contributed by atoms with Crippen LogP contribution in [0.15, 0.2) is 42.5 Å². The first-order valence-corrected chi connectivity index (χ1v) is 8.58. The van der Waals surface area contributed by atoms with Gasteiger partial charge in [0.2, 0.25) is 0 Å². The fraction of sp³-hybridized carbons (Fsp3) is 0.286. The number of amides is 1. The molecule has 0 aromatic heterocycles. The molecule has 0 saturated carbocycles. The SMILES string of the molecule is CC1(C)CNCC=C1c1cc(-c2ccc3c(c2)C(=O)NC3)ccc1F. The third-order valence-electron chi connectivity index (χ3n) is 5.13. The highest BCUT2D eigenvalue weighted by atomic mass is 19.1. The number of hydrogen-bond donors (Lipinski definition) is 2. The Kier molecular flexibility index (Phi) is 3.73. The molecule has 2 heterocycles. The van der Waals surface area contributed by atoms with Crippen molar-refractivity contribution in [2.45, 2.75) is 20.4 Å². The summed E-state index contributed by atoms with van der Waals surface area (Å²) in [4.78, 5) is 11.9. The molecule has 1 amide bonds. The second kappa shape index (κ2) is 5.81. The van der Waals surface area contributed by atoms with Crippen LogP contribution in [0.4, 0.5) is 4.39 Å². The molecule has 0 bridgehead atoms. The molecule has 0 aliphatic carbocycles. The molecule has 0 saturated heterocycles. The number of carbonyl (C=O) groups is 1. The number of benzene rings is 2. The van der Waals surface area contributed by atoms with Crippen molar-refractivity contribution in [3.63, 3.8) is 0 Å². The van der Waals surface area contributed by atoms with E-state index in [2.05, 4.69) is 30.6 Å². The molecular formula is C21H21FN2O. The van der Waals surface area contributed by atoms with Crippen LogP contribution in [0.2, 0.25) is 0 Å². The highest BCUT2D eigenvalue weighted by Gasteiger charge is 2.28. The average molecular weight is 336 g/mol. The Labute approximate surface area is 146 Å². The maximum absolute atomic E-state index is 14.6. The number of halogens is 1. The van der Waals surface area contributed by atoms with E-state index in [0.717, 1.165) is 35.4 Å². The van der Waals surface area contributed by atoms with Crippen LogP contribution in [-0.2, 0) is 6.54 Å². The minimum absolute atomic E-state index is 0.0404. The van der Waals surface area contributed by atoms with Crippen LogP contribution in [0.1, 0.15) is 35.3 Å². The van der Waals surface area contributed by atoms with Crippen molar-refractivity contribution < 1.29 is 9.18 Å². The predicted molar refractivity (Wildman–Crippen MR) is 97.6 cm³/mol. The lowest BCUT2D eigenvalue weighted by Gasteiger charge is -2.33. The standard InChI is InChI=1S/C21H21FN2O/c1-21(2)12-23-8-7-18(21)17-10-14(5-6-19(17)22)13-3-4-15-11-24-20(25)16(15)9-13/h3-7,9-10,23H,8,11-12H2,1-2H3,(H,24,25). The van der Waals surface area contributed by atoms with E-state index in [9.17, 15) is 9.18 Å². The van der Waals surface area contributed by atoms with Gasteiger partial charge in [-0.3, -0.25) is 4.79 Å². The van der Waals surface area contributed by atoms with E-state index >= 15 is 0 Å². The summed E-state index contributed by atoms with van der Waals surface area (Å²) >= 11 is 0. The maximum atomic E-state index is 14.6. The molecule has 128 valence electrons. The first-order chi connectivity index (χ1) is 12.0. The first kappa shape index (κ1) is 16.0. The quantitative estimate of drug-likeness (QED) is 0.877. The summed E-state index contributed by atoms with van der Waals surface area (Å²) in [5.41, 5.74) is 5.13. The van der Waals surface area contributed by atoms with Gasteiger partial charge >= 0.3 is 0 Å². The Morgan fingerprint density at radius 1 is 1.04 bits per heavy atom. The van der Waals surface area contributed by atoms with Crippen LogP contribution in [-0.4, -0.2) is 19.0 Å². The molecule has 4 rings (SSSR count). The summed E-state index contributed by atoms with van der Waals surface area (Å²) in [5, 5.41) is 6.16. The molecule has 0 radical (unpaired) electrons. The van der Waals surface area contributed by atoms with Gasteiger partial charge in [0.1, 0.15) is 5.82 Å². The normalized spacial score (nSPS) is 18.5. The predicted octanol–water partition coefficient (Wildman–Crippen LogP) is 3.75. The van der Waals surface area contributed by atoms with E-state index in [1.165, 1.54) is 6.07 Å². The van der Waals surface area contributed by atoms with Crippen LogP contribution in [0.3, 0.4) is 0 Å². The number of rotatable bonds is 2. The van der Waals surface area contributed by atoms with Gasteiger partial charge < -0.3 is 10.6 Å². The minimum Gasteiger partial charge on any atom is -0.348 e. The van der Waals surface area contributed by atoms with E-state index < -0.39 is 0 Å². The lowest BCUT2D eigenvalue weighted by molar-refractivity contribution is 0.0966. The highest BCUT2D eigenvalue weighted by Crippen LogP contribution is 2.38. The van der Waals surface area contributed by atoms with Crippen molar-refractivity contribution in [3.8, 4) is 11.1 Å². The number of carbonyl (C=O) groups excluding carboxylic acids is 1. The molecule has 3 nitrogen and oxygen atoms in total. The summed E-state index contributed by atoms with van der Waals surface area (Å²) < 4.78 is 14.6. The topological polar surface area (TPSA) is 41.1 Å². The average Bonchev–Trinajstić information content (AvgIpc) is 2.96. The third-order valence-corrected chi connectivity index (χ3v) is 5.13. The van der Waals surface area contributed by atoms with Crippen LogP contribution in [0.25, 0.3) is 16.7 Å². The van der Waals surface area contributed by atoms with Crippen LogP contribution >= 0.6 is 0 Å². The van der Waals surface area contributed by atoms with Gasteiger partial charge in [-0.25, -0.2) is 4.39 Å². The van der Waals surface area contributed by atoms with Crippen LogP contribution < -0.4 is 10.6 Å². The lowest BCUT2D eigenvalue weighted by atomic mass is 9.77. The Morgan fingerprint density at radius 3 is 2.52 bits per heavy atom. The molecule has 4 heteroatoms. The molecule has 2 aromatic rings. The highest BCUT2D eigenvalue weighted by molar-refractivity contribution is 5.99. The summed E-state index contributed by atoms with van der Waals surface area (Å²) in [7, 11) is 0. The van der Waals surface area contributed by atoms with Gasteiger partial charge in [-0.2, -0.15) is 0 Å². The summed E-state index contributed by atoms with van der Waals surface area (Å²) in [6, 6.07) is 11.1. The molecule has 0 unspecified atom stereocenters. The first-order valence-electron chi connectivity index (χ1n) is 8.58. The second-order valence-electron chi connectivity index (χ2n) is 7.38. The fourth-order valence-corrected chi connectivity index (χ4v) is 3.71. The Bertz CT molecular complexity index is 899. The van der Waals surface area contributed by atoms with E-state index in [4.69, 9.17) is 0 Å². The smallest absolute Gasteiger partial charge is 0.251 e. The van der Waals surface area contributed by atoms with Gasteiger partial charge in [0.15, 0.2) is 0 Å². The van der Waals surface area contributed by atoms with Gasteiger partial charge in [-0.05, 0) is 40.5 Å². The molecule has 0 spiro atoms. The van der Waals surface area contributed by atoms with Gasteiger partial charge in [-0.15, -0.1) is 0 Å². The van der Waals surface area contributed by atoms with Crippen molar-refractivity contribution in [1.82, 2.24) is 10.6 Å². The van der Waals surface area contributed by atoms with E-state index in [0.29, 0.717) is 17.7 Å². The molecule has 2 N–H and O–H groups in total. The zero-order valence-electron chi connectivity index (χ0n) is 14.4. The number of nitrogens with one attached hydrogen (secondary N) is 2. The molecule has 0 atom stereocenters. The molecule has 2 aliphatic rings. The molecule has 25 heavy (non-hydrogen) atoms. The molecule has 2 aromatic carbocycles. The summed E-state index contributed by atoms with van der Waals surface area (Å²) in [6.07, 6.45) is 2.07. The minimum atomic E-state index is -0.205. The van der Waals surface area contributed by atoms with E-state index in [1.807, 2.05) is 24.3 Å². The van der Waals surface area contributed by atoms with Crippen LogP contribution in [0, 0.1) is 11.2 Å². The largest absolute Gasteiger partial charge is 0.348 e. The monoisotopic (exact) mass is 336 g/mol. The zero-order valence-corrected chi connectivity index (χ0v) is 14.4. The van der Waals surface area contributed by atoms with Gasteiger partial charge in [0.25, 0.3) is 5.91 Å². The summed E-state index contributed by atoms with van der Waals surface area (Å²) in [6.45, 7) is 6.40. The van der Waals surface area contributed by atoms with Crippen molar-refractivity contribution in [2.24, 2.45) is 5.41 Å². The summed E-state index contributed by atoms with van der Waals surface area (Å²) in [5.74, 6) is -0.245. The van der Waals surface area contributed by atoms with Crippen molar-refractivity contribution in [3.05, 3.63) is 65.0 Å². The Hall–Kier alpha value is -2.46. The van der Waals surface area contributed by atoms with E-state index in [-0.39, 0.29) is 17.1 Å². The van der Waals surface area contributed by atoms with Crippen molar-refractivity contribution >= 4 is 11.5 Å². The van der Waals surface area contributed by atoms with Crippen molar-refractivity contribution in [1.29, 1.82) is 0 Å². The third kappa shape index (κ3) is 2.76. The Morgan fingerprint density at radius 2 is 1.76 bits per heavy atom. The van der Waals surface area contributed by atoms with E-state index in [1.54, 1.807) is 6.07 Å². The maximum Gasteiger partial charge on any atom is 0.251 e. The zero-order chi connectivity index (χ0) is 17.6. The van der Waals surface area contributed by atoms with Crippen LogP contribution in [0.5, 0.6) is 0 Å². The number of hydrogen-bond acceptors (Lipinski definition) is 2. The van der Waals surface area contributed by atoms with Crippen molar-refractivity contribution in [2.75, 3.05) is 13.1 Å². The van der Waals surface area contributed by atoms with Gasteiger partial charge in [0, 0.05) is 36.2 Å². The molecule has 0 fully saturated rings.